The molecule has 21 heavy (non-hydrogen) atoms. The molecule has 2 rings (SSSR count). The average Bonchev–Trinajstić information content (AvgIpc) is 2.80. The Kier molecular flexibility index (Phi) is 4.98. The summed E-state index contributed by atoms with van der Waals surface area (Å²) in [6, 6.07) is 9.42. The fourth-order valence-electron chi connectivity index (χ4n) is 1.96. The van der Waals surface area contributed by atoms with Gasteiger partial charge in [-0.3, -0.25) is 15.3 Å². The lowest BCUT2D eigenvalue weighted by molar-refractivity contribution is 0.835. The topological polar surface area (TPSA) is 62.2 Å². The molecule has 0 atom stereocenters. The first-order chi connectivity index (χ1) is 10.0. The molecule has 1 aromatic carbocycles. The number of thioether (sulfide) groups is 1. The number of hydrazone groups is 1. The second kappa shape index (κ2) is 6.73. The molecule has 0 spiro atoms. The maximum Gasteiger partial charge on any atom is 0.280 e. The van der Waals surface area contributed by atoms with Crippen LogP contribution >= 0.6 is 24.0 Å². The van der Waals surface area contributed by atoms with Crippen molar-refractivity contribution in [3.8, 4) is 5.69 Å². The van der Waals surface area contributed by atoms with E-state index in [4.69, 9.17) is 12.2 Å². The van der Waals surface area contributed by atoms with E-state index in [1.807, 2.05) is 43.5 Å². The Balaban J connectivity index is 2.41. The van der Waals surface area contributed by atoms with Crippen LogP contribution in [0.3, 0.4) is 0 Å². The van der Waals surface area contributed by atoms with Crippen molar-refractivity contribution < 1.29 is 0 Å². The lowest BCUT2D eigenvalue weighted by Gasteiger charge is -2.01. The Morgan fingerprint density at radius 1 is 1.38 bits per heavy atom. The number of rotatable bonds is 3. The van der Waals surface area contributed by atoms with Gasteiger partial charge < -0.3 is 0 Å². The van der Waals surface area contributed by atoms with Crippen molar-refractivity contribution in [1.29, 1.82) is 0 Å². The van der Waals surface area contributed by atoms with E-state index in [1.165, 1.54) is 16.4 Å². The van der Waals surface area contributed by atoms with Crippen LogP contribution in [0.4, 0.5) is 0 Å². The molecule has 5 nitrogen and oxygen atoms in total. The molecule has 0 fully saturated rings. The van der Waals surface area contributed by atoms with Crippen LogP contribution in [0.1, 0.15) is 18.2 Å². The number of nitrogens with one attached hydrogen (secondary N) is 2. The summed E-state index contributed by atoms with van der Waals surface area (Å²) in [4.78, 5) is 12.5. The second-order valence-corrected chi connectivity index (χ2v) is 5.87. The summed E-state index contributed by atoms with van der Waals surface area (Å²) < 4.78 is 2.07. The molecule has 0 radical (unpaired) electrons. The summed E-state index contributed by atoms with van der Waals surface area (Å²) in [6.45, 7) is 3.63. The van der Waals surface area contributed by atoms with Gasteiger partial charge in [-0.1, -0.05) is 42.2 Å². The van der Waals surface area contributed by atoms with Crippen molar-refractivity contribution in [3.63, 3.8) is 0 Å². The number of aromatic amines is 1. The van der Waals surface area contributed by atoms with Gasteiger partial charge in [0.25, 0.3) is 5.56 Å². The quantitative estimate of drug-likeness (QED) is 0.518. The first-order valence-electron chi connectivity index (χ1n) is 6.30. The van der Waals surface area contributed by atoms with Crippen molar-refractivity contribution in [1.82, 2.24) is 15.2 Å². The standard InChI is InChI=1S/C14H16N4OS2/c1-9(15-16-14(20)21-3)12-10(2)17-18(13(12)19)11-7-5-4-6-8-11/h4-8,17H,1-3H3,(H,16,20)/b15-9+. The van der Waals surface area contributed by atoms with Crippen molar-refractivity contribution in [3.05, 3.63) is 51.9 Å². The van der Waals surface area contributed by atoms with Crippen LogP contribution in [0.5, 0.6) is 0 Å². The third kappa shape index (κ3) is 3.43. The maximum atomic E-state index is 12.5. The lowest BCUT2D eigenvalue weighted by Crippen LogP contribution is -2.21. The van der Waals surface area contributed by atoms with Crippen LogP contribution in [0, 0.1) is 6.92 Å². The SMILES string of the molecule is CSC(=S)N/N=C(\C)c1c(C)[nH]n(-c2ccccc2)c1=O. The molecule has 0 bridgehead atoms. The van der Waals surface area contributed by atoms with Gasteiger partial charge in [0.2, 0.25) is 0 Å². The number of para-hydroxylation sites is 1. The molecule has 0 amide bonds. The van der Waals surface area contributed by atoms with Gasteiger partial charge in [0, 0.05) is 5.69 Å². The van der Waals surface area contributed by atoms with E-state index in [9.17, 15) is 4.79 Å². The molecule has 1 aromatic heterocycles. The Morgan fingerprint density at radius 2 is 2.05 bits per heavy atom. The van der Waals surface area contributed by atoms with E-state index in [0.717, 1.165) is 11.4 Å². The van der Waals surface area contributed by atoms with Crippen LogP contribution in [0.2, 0.25) is 0 Å². The minimum Gasteiger partial charge on any atom is -0.295 e. The van der Waals surface area contributed by atoms with E-state index < -0.39 is 0 Å². The summed E-state index contributed by atoms with van der Waals surface area (Å²) in [5.74, 6) is 0. The largest absolute Gasteiger partial charge is 0.295 e. The van der Waals surface area contributed by atoms with Gasteiger partial charge in [-0.15, -0.1) is 0 Å². The zero-order chi connectivity index (χ0) is 15.4. The first-order valence-corrected chi connectivity index (χ1v) is 7.93. The number of hydrogen-bond donors (Lipinski definition) is 2. The molecule has 7 heteroatoms. The van der Waals surface area contributed by atoms with Gasteiger partial charge >= 0.3 is 0 Å². The molecule has 110 valence electrons. The number of aromatic nitrogens is 2. The number of aryl methyl sites for hydroxylation is 1. The Morgan fingerprint density at radius 3 is 2.67 bits per heavy atom. The molecular formula is C14H16N4OS2. The minimum atomic E-state index is -0.128. The summed E-state index contributed by atoms with van der Waals surface area (Å²) in [5.41, 5.74) is 5.33. The summed E-state index contributed by atoms with van der Waals surface area (Å²) in [5, 5.41) is 7.23. The van der Waals surface area contributed by atoms with E-state index in [1.54, 1.807) is 6.92 Å². The smallest absolute Gasteiger partial charge is 0.280 e. The van der Waals surface area contributed by atoms with Gasteiger partial charge in [-0.25, -0.2) is 4.68 Å². The number of thiocarbonyl (C=S) groups is 1. The van der Waals surface area contributed by atoms with Crippen molar-refractivity contribution in [2.24, 2.45) is 5.10 Å². The van der Waals surface area contributed by atoms with E-state index >= 15 is 0 Å². The number of H-pyrrole nitrogens is 1. The zero-order valence-corrected chi connectivity index (χ0v) is 13.6. The van der Waals surface area contributed by atoms with Gasteiger partial charge in [-0.2, -0.15) is 5.10 Å². The van der Waals surface area contributed by atoms with Crippen molar-refractivity contribution in [2.75, 3.05) is 6.26 Å². The first kappa shape index (κ1) is 15.5. The summed E-state index contributed by atoms with van der Waals surface area (Å²) in [7, 11) is 0. The van der Waals surface area contributed by atoms with E-state index in [2.05, 4.69) is 15.6 Å². The molecule has 2 aromatic rings. The highest BCUT2D eigenvalue weighted by atomic mass is 32.2. The van der Waals surface area contributed by atoms with Crippen LogP contribution in [0.25, 0.3) is 5.69 Å². The summed E-state index contributed by atoms with van der Waals surface area (Å²) in [6.07, 6.45) is 1.87. The molecule has 0 saturated carbocycles. The minimum absolute atomic E-state index is 0.128. The number of nitrogens with zero attached hydrogens (tertiary/aromatic N) is 2. The average molecular weight is 320 g/mol. The van der Waals surface area contributed by atoms with Crippen LogP contribution in [0.15, 0.2) is 40.2 Å². The molecule has 2 N–H and O–H groups in total. The fourth-order valence-corrected chi connectivity index (χ4v) is 2.15. The normalized spacial score (nSPS) is 11.5. The van der Waals surface area contributed by atoms with Crippen LogP contribution in [-0.2, 0) is 0 Å². The Hall–Kier alpha value is -1.86. The van der Waals surface area contributed by atoms with Gasteiger partial charge in [0.05, 0.1) is 17.0 Å². The monoisotopic (exact) mass is 320 g/mol. The van der Waals surface area contributed by atoms with E-state index in [0.29, 0.717) is 15.6 Å². The highest BCUT2D eigenvalue weighted by Gasteiger charge is 2.14. The van der Waals surface area contributed by atoms with Gasteiger partial charge in [-0.05, 0) is 32.2 Å². The molecule has 0 aliphatic heterocycles. The molecule has 0 unspecified atom stereocenters. The van der Waals surface area contributed by atoms with Gasteiger partial charge in [0.1, 0.15) is 0 Å². The maximum absolute atomic E-state index is 12.5. The van der Waals surface area contributed by atoms with Crippen molar-refractivity contribution >= 4 is 34.0 Å². The molecule has 0 aliphatic rings. The molecule has 0 saturated heterocycles. The Bertz CT molecular complexity index is 731. The molecular weight excluding hydrogens is 304 g/mol. The lowest BCUT2D eigenvalue weighted by atomic mass is 10.2. The highest BCUT2D eigenvalue weighted by molar-refractivity contribution is 8.22. The fraction of sp³-hybridized carbons (Fsp3) is 0.214. The Labute approximate surface area is 132 Å². The highest BCUT2D eigenvalue weighted by Crippen LogP contribution is 2.07. The zero-order valence-electron chi connectivity index (χ0n) is 12.0. The molecule has 1 heterocycles. The van der Waals surface area contributed by atoms with E-state index in [-0.39, 0.29) is 5.56 Å². The molecule has 0 aliphatic carbocycles. The predicted molar refractivity (Wildman–Crippen MR) is 92.6 cm³/mol. The number of hydrogen-bond acceptors (Lipinski definition) is 4. The third-order valence-corrected chi connectivity index (χ3v) is 4.00. The van der Waals surface area contributed by atoms with Crippen LogP contribution in [-0.4, -0.2) is 26.1 Å². The third-order valence-electron chi connectivity index (χ3n) is 2.95. The second-order valence-electron chi connectivity index (χ2n) is 4.39. The number of benzene rings is 1. The summed E-state index contributed by atoms with van der Waals surface area (Å²) >= 11 is 6.42. The van der Waals surface area contributed by atoms with Crippen molar-refractivity contribution in [2.45, 2.75) is 13.8 Å². The predicted octanol–water partition coefficient (Wildman–Crippen LogP) is 2.44. The van der Waals surface area contributed by atoms with Crippen LogP contribution < -0.4 is 11.0 Å². The van der Waals surface area contributed by atoms with Gasteiger partial charge in [0.15, 0.2) is 4.32 Å².